The third-order valence-corrected chi connectivity index (χ3v) is 3.88. The molecule has 5 nitrogen and oxygen atoms in total. The van der Waals surface area contributed by atoms with Crippen molar-refractivity contribution in [2.24, 2.45) is 0 Å². The largest absolute Gasteiger partial charge is 0.417 e. The molecule has 8 heteroatoms. The first-order valence-electron chi connectivity index (χ1n) is 7.65. The van der Waals surface area contributed by atoms with Crippen molar-refractivity contribution in [3.05, 3.63) is 75.3 Å². The minimum atomic E-state index is -4.68. The molecule has 0 aliphatic carbocycles. The standard InChI is InChI=1S/C18H14F3N3O2/c1-10-7-8-24-14(9-10)22-11(2)15(17(24)26)23-16(25)12-5-3-4-6-13(12)18(19,20)21/h3-9H,1-2H3,(H,23,25). The smallest absolute Gasteiger partial charge is 0.316 e. The zero-order valence-corrected chi connectivity index (χ0v) is 13.9. The first kappa shape index (κ1) is 17.7. The van der Waals surface area contributed by atoms with Gasteiger partial charge in [0.05, 0.1) is 16.8 Å². The fraction of sp³-hybridized carbons (Fsp3) is 0.167. The number of benzene rings is 1. The minimum absolute atomic E-state index is 0.159. The molecule has 2 heterocycles. The van der Waals surface area contributed by atoms with Gasteiger partial charge in [-0.1, -0.05) is 12.1 Å². The van der Waals surface area contributed by atoms with Gasteiger partial charge in [-0.15, -0.1) is 0 Å². The summed E-state index contributed by atoms with van der Waals surface area (Å²) in [5.41, 5.74) is -0.849. The van der Waals surface area contributed by atoms with Gasteiger partial charge in [-0.05, 0) is 43.7 Å². The Labute approximate surface area is 146 Å². The summed E-state index contributed by atoms with van der Waals surface area (Å²) < 4.78 is 40.5. The lowest BCUT2D eigenvalue weighted by molar-refractivity contribution is -0.137. The summed E-state index contributed by atoms with van der Waals surface area (Å²) in [7, 11) is 0. The molecule has 0 saturated heterocycles. The topological polar surface area (TPSA) is 63.5 Å². The first-order valence-corrected chi connectivity index (χ1v) is 7.65. The number of carbonyl (C=O) groups is 1. The number of carbonyl (C=O) groups excluding carboxylic acids is 1. The molecule has 1 N–H and O–H groups in total. The average Bonchev–Trinajstić information content (AvgIpc) is 2.57. The number of anilines is 1. The van der Waals surface area contributed by atoms with Crippen LogP contribution in [-0.4, -0.2) is 15.3 Å². The molecular formula is C18H14F3N3O2. The van der Waals surface area contributed by atoms with Crippen molar-refractivity contribution in [2.75, 3.05) is 5.32 Å². The summed E-state index contributed by atoms with van der Waals surface area (Å²) in [6.45, 7) is 3.35. The Morgan fingerprint density at radius 3 is 2.54 bits per heavy atom. The quantitative estimate of drug-likeness (QED) is 0.759. The number of amides is 1. The lowest BCUT2D eigenvalue weighted by Crippen LogP contribution is -2.26. The number of aromatic nitrogens is 2. The number of nitrogens with zero attached hydrogens (tertiary/aromatic N) is 2. The molecule has 0 bridgehead atoms. The molecule has 134 valence electrons. The van der Waals surface area contributed by atoms with Gasteiger partial charge in [0.1, 0.15) is 11.3 Å². The molecule has 0 aliphatic heterocycles. The molecule has 0 saturated carbocycles. The van der Waals surface area contributed by atoms with Gasteiger partial charge < -0.3 is 5.32 Å². The predicted octanol–water partition coefficient (Wildman–Crippen LogP) is 3.58. The second kappa shape index (κ2) is 6.29. The van der Waals surface area contributed by atoms with Crippen LogP contribution in [0.1, 0.15) is 27.2 Å². The number of hydrogen-bond acceptors (Lipinski definition) is 3. The number of aryl methyl sites for hydroxylation is 2. The lowest BCUT2D eigenvalue weighted by atomic mass is 10.1. The molecule has 3 aromatic rings. The van der Waals surface area contributed by atoms with Crippen LogP contribution in [0.15, 0.2) is 47.4 Å². The van der Waals surface area contributed by atoms with E-state index in [9.17, 15) is 22.8 Å². The average molecular weight is 361 g/mol. The lowest BCUT2D eigenvalue weighted by Gasteiger charge is -2.13. The molecule has 2 aromatic heterocycles. The van der Waals surface area contributed by atoms with E-state index in [1.807, 2.05) is 6.92 Å². The van der Waals surface area contributed by atoms with Crippen molar-refractivity contribution >= 4 is 17.2 Å². The van der Waals surface area contributed by atoms with Crippen LogP contribution in [0.4, 0.5) is 18.9 Å². The van der Waals surface area contributed by atoms with Gasteiger partial charge in [0.15, 0.2) is 0 Å². The summed E-state index contributed by atoms with van der Waals surface area (Å²) in [5, 5.41) is 2.28. The van der Waals surface area contributed by atoms with Crippen LogP contribution < -0.4 is 10.9 Å². The van der Waals surface area contributed by atoms with Gasteiger partial charge in [-0.3, -0.25) is 14.0 Å². The van der Waals surface area contributed by atoms with Gasteiger partial charge in [0, 0.05) is 6.20 Å². The van der Waals surface area contributed by atoms with Crippen molar-refractivity contribution in [3.8, 4) is 0 Å². The Kier molecular flexibility index (Phi) is 4.27. The molecule has 0 atom stereocenters. The number of alkyl halides is 3. The maximum Gasteiger partial charge on any atom is 0.417 e. The predicted molar refractivity (Wildman–Crippen MR) is 90.3 cm³/mol. The van der Waals surface area contributed by atoms with Crippen molar-refractivity contribution in [1.82, 2.24) is 9.38 Å². The Bertz CT molecular complexity index is 1070. The number of hydrogen-bond donors (Lipinski definition) is 1. The van der Waals surface area contributed by atoms with E-state index in [1.165, 1.54) is 29.7 Å². The van der Waals surface area contributed by atoms with E-state index >= 15 is 0 Å². The molecule has 1 aromatic carbocycles. The molecule has 0 aliphatic rings. The van der Waals surface area contributed by atoms with Crippen LogP contribution in [0.3, 0.4) is 0 Å². The summed E-state index contributed by atoms with van der Waals surface area (Å²) in [6, 6.07) is 7.78. The van der Waals surface area contributed by atoms with E-state index in [4.69, 9.17) is 0 Å². The fourth-order valence-electron chi connectivity index (χ4n) is 2.60. The Morgan fingerprint density at radius 2 is 1.85 bits per heavy atom. The SMILES string of the molecule is Cc1ccn2c(=O)c(NC(=O)c3ccccc3C(F)(F)F)c(C)nc2c1. The zero-order chi connectivity index (χ0) is 19.1. The van der Waals surface area contributed by atoms with Crippen LogP contribution in [0, 0.1) is 13.8 Å². The molecule has 26 heavy (non-hydrogen) atoms. The third kappa shape index (κ3) is 3.17. The highest BCUT2D eigenvalue weighted by Crippen LogP contribution is 2.32. The van der Waals surface area contributed by atoms with Crippen LogP contribution >= 0.6 is 0 Å². The first-order chi connectivity index (χ1) is 12.2. The fourth-order valence-corrected chi connectivity index (χ4v) is 2.60. The van der Waals surface area contributed by atoms with Gasteiger partial charge in [-0.2, -0.15) is 13.2 Å². The monoisotopic (exact) mass is 361 g/mol. The second-order valence-electron chi connectivity index (χ2n) is 5.81. The highest BCUT2D eigenvalue weighted by atomic mass is 19.4. The second-order valence-corrected chi connectivity index (χ2v) is 5.81. The number of pyridine rings is 1. The van der Waals surface area contributed by atoms with Gasteiger partial charge in [0.25, 0.3) is 11.5 Å². The zero-order valence-electron chi connectivity index (χ0n) is 13.9. The third-order valence-electron chi connectivity index (χ3n) is 3.88. The van der Waals surface area contributed by atoms with Gasteiger partial charge in [-0.25, -0.2) is 4.98 Å². The van der Waals surface area contributed by atoms with E-state index in [-0.39, 0.29) is 11.4 Å². The van der Waals surface area contributed by atoms with Crippen molar-refractivity contribution in [1.29, 1.82) is 0 Å². The summed E-state index contributed by atoms with van der Waals surface area (Å²) in [6.07, 6.45) is -3.18. The van der Waals surface area contributed by atoms with Crippen LogP contribution in [-0.2, 0) is 6.18 Å². The molecule has 0 unspecified atom stereocenters. The summed E-state index contributed by atoms with van der Waals surface area (Å²) in [5.74, 6) is -1.02. The molecule has 0 spiro atoms. The maximum atomic E-state index is 13.1. The maximum absolute atomic E-state index is 13.1. The Hall–Kier alpha value is -3.16. The molecule has 0 fully saturated rings. The number of rotatable bonds is 2. The van der Waals surface area contributed by atoms with E-state index in [0.717, 1.165) is 17.7 Å². The number of fused-ring (bicyclic) bond motifs is 1. The molecule has 1 amide bonds. The minimum Gasteiger partial charge on any atom is -0.316 e. The van der Waals surface area contributed by atoms with Crippen LogP contribution in [0.25, 0.3) is 5.65 Å². The van der Waals surface area contributed by atoms with Gasteiger partial charge in [0.2, 0.25) is 0 Å². The summed E-state index contributed by atoms with van der Waals surface area (Å²) in [4.78, 5) is 29.2. The Balaban J connectivity index is 2.07. The molecule has 3 rings (SSSR count). The summed E-state index contributed by atoms with van der Waals surface area (Å²) >= 11 is 0. The highest BCUT2D eigenvalue weighted by Gasteiger charge is 2.35. The van der Waals surface area contributed by atoms with Crippen LogP contribution in [0.2, 0.25) is 0 Å². The van der Waals surface area contributed by atoms with E-state index in [1.54, 1.807) is 12.1 Å². The van der Waals surface area contributed by atoms with E-state index in [2.05, 4.69) is 10.3 Å². The van der Waals surface area contributed by atoms with Gasteiger partial charge >= 0.3 is 6.18 Å². The van der Waals surface area contributed by atoms with E-state index in [0.29, 0.717) is 5.65 Å². The number of nitrogens with one attached hydrogen (secondary N) is 1. The Morgan fingerprint density at radius 1 is 1.15 bits per heavy atom. The van der Waals surface area contributed by atoms with Crippen molar-refractivity contribution in [3.63, 3.8) is 0 Å². The van der Waals surface area contributed by atoms with E-state index < -0.39 is 28.8 Å². The molecule has 0 radical (unpaired) electrons. The van der Waals surface area contributed by atoms with Crippen molar-refractivity contribution < 1.29 is 18.0 Å². The normalized spacial score (nSPS) is 11.6. The van der Waals surface area contributed by atoms with Crippen molar-refractivity contribution in [2.45, 2.75) is 20.0 Å². The highest BCUT2D eigenvalue weighted by molar-refractivity contribution is 6.05. The number of halogens is 3. The molecular weight excluding hydrogens is 347 g/mol. The van der Waals surface area contributed by atoms with Crippen LogP contribution in [0.5, 0.6) is 0 Å².